The molecule has 1 rings (SSSR count). The molecule has 0 fully saturated rings. The number of halogens is 1. The van der Waals surface area contributed by atoms with Gasteiger partial charge in [0.15, 0.2) is 0 Å². The van der Waals surface area contributed by atoms with Crippen LogP contribution in [0.15, 0.2) is 18.2 Å². The number of carbonyl (C=O) groups is 1. The number of carboxylic acids is 1. The van der Waals surface area contributed by atoms with Crippen LogP contribution >= 0.6 is 11.6 Å². The summed E-state index contributed by atoms with van der Waals surface area (Å²) in [4.78, 5) is 20.0. The van der Waals surface area contributed by atoms with Crippen LogP contribution in [0.1, 0.15) is 10.4 Å². The molecule has 0 aliphatic heterocycles. The molecule has 0 amide bonds. The molecular weight excluding hydrogens is 237 g/mol. The average molecular weight is 242 g/mol. The van der Waals surface area contributed by atoms with E-state index in [9.17, 15) is 14.9 Å². The summed E-state index contributed by atoms with van der Waals surface area (Å²) in [6.07, 6.45) is 0. The summed E-state index contributed by atoms with van der Waals surface area (Å²) >= 11 is 5.48. The normalized spacial score (nSPS) is 8.93. The topological polar surface area (TPSA) is 80.4 Å². The maximum atomic E-state index is 10.4. The summed E-state index contributed by atoms with van der Waals surface area (Å²) < 4.78 is 0. The third-order valence-electron chi connectivity index (χ3n) is 1.39. The van der Waals surface area contributed by atoms with Crippen molar-refractivity contribution in [2.45, 2.75) is 0 Å². The Labute approximate surface area is 127 Å². The fourth-order valence-corrected chi connectivity index (χ4v) is 1.05. The molecule has 0 aliphatic carbocycles. The fourth-order valence-electron chi connectivity index (χ4n) is 0.791. The van der Waals surface area contributed by atoms with Gasteiger partial charge in [-0.2, -0.15) is 0 Å². The number of hydrogen-bond acceptors (Lipinski definition) is 3. The Kier molecular flexibility index (Phi) is 5.80. The molecule has 0 saturated heterocycles. The van der Waals surface area contributed by atoms with Crippen molar-refractivity contribution in [1.29, 1.82) is 0 Å². The maximum absolute atomic E-state index is 10.4. The summed E-state index contributed by atoms with van der Waals surface area (Å²) in [6, 6.07) is 3.20. The number of aromatic carboxylic acids is 1. The van der Waals surface area contributed by atoms with Crippen LogP contribution in [0, 0.1) is 10.1 Å². The second-order valence-electron chi connectivity index (χ2n) is 2.23. The van der Waals surface area contributed by atoms with Gasteiger partial charge in [0.1, 0.15) is 0 Å². The van der Waals surface area contributed by atoms with E-state index in [2.05, 4.69) is 0 Å². The molecule has 0 saturated carbocycles. The number of nitrogens with zero attached hydrogens (tertiary/aromatic N) is 1. The van der Waals surface area contributed by atoms with E-state index in [4.69, 9.17) is 16.7 Å². The van der Waals surface area contributed by atoms with Gasteiger partial charge in [0.2, 0.25) is 0 Å². The van der Waals surface area contributed by atoms with Crippen LogP contribution in [-0.4, -0.2) is 67.4 Å². The first-order valence-electron chi connectivity index (χ1n) is 3.19. The van der Waals surface area contributed by atoms with Crippen molar-refractivity contribution >= 4 is 74.6 Å². The molecule has 5 nitrogen and oxygen atoms in total. The number of benzene rings is 1. The molecule has 0 aromatic heterocycles. The Morgan fingerprint density at radius 1 is 1.50 bits per heavy atom. The van der Waals surface area contributed by atoms with Crippen LogP contribution in [0.25, 0.3) is 0 Å². The monoisotopic (exact) mass is 241 g/mol. The fraction of sp³-hybridized carbons (Fsp3) is 0. The molecule has 70 valence electrons. The molecule has 1 aromatic rings. The van der Waals surface area contributed by atoms with Crippen molar-refractivity contribution in [3.63, 3.8) is 0 Å². The van der Waals surface area contributed by atoms with Crippen LogP contribution in [0.5, 0.6) is 0 Å². The summed E-state index contributed by atoms with van der Waals surface area (Å²) in [5, 5.41) is 18.6. The van der Waals surface area contributed by atoms with Gasteiger partial charge in [-0.25, -0.2) is 4.79 Å². The molecule has 14 heavy (non-hydrogen) atoms. The Hall–Kier alpha value is 0.0164. The molecule has 1 N–H and O–H groups in total. The van der Waals surface area contributed by atoms with Crippen LogP contribution < -0.4 is 0 Å². The molecule has 1 aromatic carbocycles. The summed E-state index contributed by atoms with van der Waals surface area (Å²) in [6.45, 7) is 0. The minimum absolute atomic E-state index is 0. The van der Waals surface area contributed by atoms with Crippen LogP contribution in [0.3, 0.4) is 0 Å². The SMILES string of the molecule is O=C(O)c1ccc([N+](=O)[O-])cc1Cl.[KH]. The summed E-state index contributed by atoms with van der Waals surface area (Å²) in [7, 11) is 0. The van der Waals surface area contributed by atoms with Gasteiger partial charge in [-0.1, -0.05) is 11.6 Å². The second kappa shape index (κ2) is 5.79. The van der Waals surface area contributed by atoms with Gasteiger partial charge in [-0.3, -0.25) is 10.1 Å². The van der Waals surface area contributed by atoms with Gasteiger partial charge >= 0.3 is 57.4 Å². The van der Waals surface area contributed by atoms with Gasteiger partial charge in [0.25, 0.3) is 5.69 Å². The van der Waals surface area contributed by atoms with E-state index in [1.807, 2.05) is 0 Å². The van der Waals surface area contributed by atoms with Gasteiger partial charge in [0, 0.05) is 12.1 Å². The van der Waals surface area contributed by atoms with Crippen LogP contribution in [0.4, 0.5) is 5.69 Å². The molecule has 0 aliphatic rings. The third kappa shape index (κ3) is 3.30. The van der Waals surface area contributed by atoms with Crippen LogP contribution in [0.2, 0.25) is 5.02 Å². The van der Waals surface area contributed by atoms with Crippen molar-refractivity contribution < 1.29 is 14.8 Å². The zero-order chi connectivity index (χ0) is 10.0. The van der Waals surface area contributed by atoms with E-state index in [1.165, 1.54) is 0 Å². The Balaban J connectivity index is 0.00000169. The van der Waals surface area contributed by atoms with E-state index in [-0.39, 0.29) is 67.7 Å². The number of nitro groups is 1. The first-order valence-corrected chi connectivity index (χ1v) is 3.57. The van der Waals surface area contributed by atoms with E-state index in [0.29, 0.717) is 0 Å². The van der Waals surface area contributed by atoms with E-state index in [1.54, 1.807) is 0 Å². The van der Waals surface area contributed by atoms with Gasteiger partial charge < -0.3 is 5.11 Å². The molecule has 7 heteroatoms. The molecule has 0 radical (unpaired) electrons. The predicted octanol–water partition coefficient (Wildman–Crippen LogP) is 1.30. The van der Waals surface area contributed by atoms with Crippen LogP contribution in [-0.2, 0) is 0 Å². The van der Waals surface area contributed by atoms with E-state index < -0.39 is 10.9 Å². The first-order chi connectivity index (χ1) is 6.02. The number of non-ortho nitro benzene ring substituents is 1. The van der Waals surface area contributed by atoms with E-state index >= 15 is 0 Å². The zero-order valence-corrected chi connectivity index (χ0v) is 6.99. The van der Waals surface area contributed by atoms with Crippen molar-refractivity contribution in [3.05, 3.63) is 38.9 Å². The summed E-state index contributed by atoms with van der Waals surface area (Å²) in [5.74, 6) is -1.21. The molecule has 0 unspecified atom stereocenters. The standard InChI is InChI=1S/C7H4ClNO4.K.H/c8-6-3-4(9(12)13)1-2-5(6)7(10)11;;/h1-3H,(H,10,11);;. The van der Waals surface area contributed by atoms with E-state index in [0.717, 1.165) is 18.2 Å². The molecule has 0 atom stereocenters. The Morgan fingerprint density at radius 3 is 2.43 bits per heavy atom. The van der Waals surface area contributed by atoms with Crippen molar-refractivity contribution in [3.8, 4) is 0 Å². The average Bonchev–Trinajstić information content (AvgIpc) is 2.03. The third-order valence-corrected chi connectivity index (χ3v) is 1.71. The molecule has 0 heterocycles. The molecular formula is C7H5ClKNO4. The van der Waals surface area contributed by atoms with Gasteiger partial charge in [-0.05, 0) is 6.07 Å². The zero-order valence-electron chi connectivity index (χ0n) is 6.23. The molecule has 0 spiro atoms. The van der Waals surface area contributed by atoms with Crippen molar-refractivity contribution in [2.75, 3.05) is 0 Å². The number of nitro benzene ring substituents is 1. The van der Waals surface area contributed by atoms with Crippen molar-refractivity contribution in [1.82, 2.24) is 0 Å². The minimum atomic E-state index is -1.21. The predicted molar refractivity (Wildman–Crippen MR) is 52.2 cm³/mol. The number of hydrogen-bond donors (Lipinski definition) is 1. The van der Waals surface area contributed by atoms with Gasteiger partial charge in [-0.15, -0.1) is 0 Å². The van der Waals surface area contributed by atoms with Gasteiger partial charge in [0.05, 0.1) is 15.5 Å². The Bertz CT molecular complexity index is 382. The number of rotatable bonds is 2. The Morgan fingerprint density at radius 2 is 2.07 bits per heavy atom. The number of carboxylic acid groups (broad SMARTS) is 1. The van der Waals surface area contributed by atoms with Crippen molar-refractivity contribution in [2.24, 2.45) is 0 Å². The summed E-state index contributed by atoms with van der Waals surface area (Å²) in [5.41, 5.74) is -0.373. The first kappa shape index (κ1) is 14.0. The molecule has 0 bridgehead atoms. The quantitative estimate of drug-likeness (QED) is 0.481. The second-order valence-corrected chi connectivity index (χ2v) is 2.63.